The molecule has 28 heavy (non-hydrogen) atoms. The van der Waals surface area contributed by atoms with E-state index in [1.165, 1.54) is 18.2 Å². The lowest BCUT2D eigenvalue weighted by Crippen LogP contribution is -2.42. The maximum Gasteiger partial charge on any atom is 0.262 e. The number of carbonyl (C=O) groups excluding carboxylic acids is 1. The molecule has 2 N–H and O–H groups in total. The van der Waals surface area contributed by atoms with Crippen LogP contribution < -0.4 is 4.90 Å². The minimum absolute atomic E-state index is 0.0199. The molecule has 5 nitrogen and oxygen atoms in total. The summed E-state index contributed by atoms with van der Waals surface area (Å²) in [6, 6.07) is 10.3. The molecule has 1 aromatic heterocycles. The zero-order valence-electron chi connectivity index (χ0n) is 16.1. The number of aryl methyl sites for hydroxylation is 3. The van der Waals surface area contributed by atoms with E-state index in [1.807, 2.05) is 32.9 Å². The van der Waals surface area contributed by atoms with Crippen molar-refractivity contribution in [1.29, 1.82) is 0 Å². The van der Waals surface area contributed by atoms with Crippen LogP contribution in [0.2, 0.25) is 0 Å². The highest BCUT2D eigenvalue weighted by molar-refractivity contribution is 7.15. The first-order valence-corrected chi connectivity index (χ1v) is 10.1. The van der Waals surface area contributed by atoms with Gasteiger partial charge in [-0.25, -0.2) is 4.98 Å². The third-order valence-corrected chi connectivity index (χ3v) is 6.33. The number of anilines is 1. The Morgan fingerprint density at radius 1 is 1.18 bits per heavy atom. The Balaban J connectivity index is 1.75. The van der Waals surface area contributed by atoms with Crippen LogP contribution in [0.3, 0.4) is 0 Å². The number of aromatic hydroxyl groups is 2. The van der Waals surface area contributed by atoms with Gasteiger partial charge in [-0.15, -0.1) is 11.3 Å². The normalized spacial score (nSPS) is 16.1. The molecule has 1 atom stereocenters. The quantitative estimate of drug-likeness (QED) is 0.654. The third-order valence-electron chi connectivity index (χ3n) is 5.21. The highest BCUT2D eigenvalue weighted by Crippen LogP contribution is 2.38. The molecule has 0 spiro atoms. The average molecular weight is 394 g/mol. The Morgan fingerprint density at radius 3 is 2.64 bits per heavy atom. The predicted octanol–water partition coefficient (Wildman–Crippen LogP) is 4.82. The van der Waals surface area contributed by atoms with E-state index >= 15 is 0 Å². The number of carbonyl (C=O) groups is 1. The largest absolute Gasteiger partial charge is 0.508 e. The number of nitrogens with zero attached hydrogens (tertiary/aromatic N) is 2. The molecule has 0 saturated heterocycles. The summed E-state index contributed by atoms with van der Waals surface area (Å²) >= 11 is 1.68. The van der Waals surface area contributed by atoms with Crippen molar-refractivity contribution in [3.8, 4) is 21.9 Å². The van der Waals surface area contributed by atoms with E-state index in [1.54, 1.807) is 16.2 Å². The van der Waals surface area contributed by atoms with Crippen molar-refractivity contribution in [3.63, 3.8) is 0 Å². The van der Waals surface area contributed by atoms with Gasteiger partial charge in [0.05, 0.1) is 21.1 Å². The molecule has 6 heteroatoms. The molecule has 0 saturated carbocycles. The first-order chi connectivity index (χ1) is 13.3. The smallest absolute Gasteiger partial charge is 0.262 e. The summed E-state index contributed by atoms with van der Waals surface area (Å²) in [6.45, 7) is 6.04. The molecule has 2 aromatic carbocycles. The van der Waals surface area contributed by atoms with Crippen LogP contribution in [-0.4, -0.2) is 27.1 Å². The summed E-state index contributed by atoms with van der Waals surface area (Å²) in [7, 11) is 0. The molecule has 4 rings (SSSR count). The second-order valence-corrected chi connectivity index (χ2v) is 8.46. The number of amides is 1. The van der Waals surface area contributed by atoms with E-state index in [4.69, 9.17) is 0 Å². The molecule has 1 amide bonds. The lowest BCUT2D eigenvalue weighted by molar-refractivity contribution is 0.0972. The van der Waals surface area contributed by atoms with Crippen LogP contribution in [0, 0.1) is 13.8 Å². The van der Waals surface area contributed by atoms with E-state index in [0.717, 1.165) is 45.2 Å². The summed E-state index contributed by atoms with van der Waals surface area (Å²) in [5.74, 6) is -0.541. The average Bonchev–Trinajstić information content (AvgIpc) is 2.99. The number of phenols is 2. The number of hydrogen-bond acceptors (Lipinski definition) is 5. The van der Waals surface area contributed by atoms with Crippen LogP contribution in [0.5, 0.6) is 11.5 Å². The lowest BCUT2D eigenvalue weighted by atomic mass is 9.93. The third kappa shape index (κ3) is 3.14. The van der Waals surface area contributed by atoms with Crippen LogP contribution in [0.15, 0.2) is 36.4 Å². The fraction of sp³-hybridized carbons (Fsp3) is 0.273. The maximum atomic E-state index is 13.2. The highest BCUT2D eigenvalue weighted by Gasteiger charge is 2.30. The number of rotatable bonds is 2. The summed E-state index contributed by atoms with van der Waals surface area (Å²) in [4.78, 5) is 20.6. The zero-order valence-corrected chi connectivity index (χ0v) is 16.9. The van der Waals surface area contributed by atoms with Gasteiger partial charge in [0.25, 0.3) is 5.91 Å². The zero-order chi connectivity index (χ0) is 20.0. The summed E-state index contributed by atoms with van der Waals surface area (Å²) in [6.07, 6.45) is 1.74. The van der Waals surface area contributed by atoms with Gasteiger partial charge < -0.3 is 15.1 Å². The van der Waals surface area contributed by atoms with E-state index < -0.39 is 0 Å². The van der Waals surface area contributed by atoms with E-state index in [0.29, 0.717) is 0 Å². The van der Waals surface area contributed by atoms with E-state index in [-0.39, 0.29) is 29.0 Å². The standard InChI is InChI=1S/C22H22N2O3S/c1-12-4-5-15-10-16(21-13(2)23-14(3)28-21)6-9-19(15)24(12)22(27)18-8-7-17(25)11-20(18)26/h6-12,25-26H,4-5H2,1-3H3/t12-/m0/s1. The number of fused-ring (bicyclic) bond motifs is 1. The van der Waals surface area contributed by atoms with Crippen molar-refractivity contribution in [3.05, 3.63) is 58.2 Å². The van der Waals surface area contributed by atoms with Crippen molar-refractivity contribution in [2.24, 2.45) is 0 Å². The van der Waals surface area contributed by atoms with Gasteiger partial charge in [-0.2, -0.15) is 0 Å². The highest BCUT2D eigenvalue weighted by atomic mass is 32.1. The van der Waals surface area contributed by atoms with Gasteiger partial charge in [0, 0.05) is 17.8 Å². The van der Waals surface area contributed by atoms with Gasteiger partial charge >= 0.3 is 0 Å². The number of aromatic nitrogens is 1. The Bertz CT molecular complexity index is 1070. The molecule has 0 fully saturated rings. The van der Waals surface area contributed by atoms with Crippen LogP contribution in [0.1, 0.15) is 40.0 Å². The first-order valence-electron chi connectivity index (χ1n) is 9.28. The Labute approximate surface area is 167 Å². The molecule has 3 aromatic rings. The lowest BCUT2D eigenvalue weighted by Gasteiger charge is -2.35. The molecular formula is C22H22N2O3S. The summed E-state index contributed by atoms with van der Waals surface area (Å²) < 4.78 is 0. The maximum absolute atomic E-state index is 13.2. The van der Waals surface area contributed by atoms with Gasteiger partial charge in [0.15, 0.2) is 0 Å². The molecule has 144 valence electrons. The van der Waals surface area contributed by atoms with Crippen LogP contribution in [-0.2, 0) is 6.42 Å². The molecule has 1 aliphatic heterocycles. The number of hydrogen-bond donors (Lipinski definition) is 2. The molecule has 0 bridgehead atoms. The first kappa shape index (κ1) is 18.5. The van der Waals surface area contributed by atoms with Crippen LogP contribution in [0.4, 0.5) is 5.69 Å². The fourth-order valence-corrected chi connectivity index (χ4v) is 4.75. The topological polar surface area (TPSA) is 73.7 Å². The van der Waals surface area contributed by atoms with Gasteiger partial charge in [0.1, 0.15) is 11.5 Å². The van der Waals surface area contributed by atoms with Crippen molar-refractivity contribution in [1.82, 2.24) is 4.98 Å². The second kappa shape index (κ2) is 6.95. The molecule has 0 aliphatic carbocycles. The second-order valence-electron chi connectivity index (χ2n) is 7.26. The van der Waals surface area contributed by atoms with Crippen LogP contribution in [0.25, 0.3) is 10.4 Å². The molecule has 1 aliphatic rings. The fourth-order valence-electron chi connectivity index (χ4n) is 3.83. The molecule has 0 radical (unpaired) electrons. The minimum atomic E-state index is -0.261. The minimum Gasteiger partial charge on any atom is -0.508 e. The Hall–Kier alpha value is -2.86. The van der Waals surface area contributed by atoms with Crippen molar-refractivity contribution in [2.75, 3.05) is 4.90 Å². The van der Waals surface area contributed by atoms with E-state index in [2.05, 4.69) is 11.1 Å². The monoisotopic (exact) mass is 394 g/mol. The molecule has 2 heterocycles. The van der Waals surface area contributed by atoms with Gasteiger partial charge in [-0.05, 0) is 69.0 Å². The molecular weight excluding hydrogens is 372 g/mol. The summed E-state index contributed by atoms with van der Waals surface area (Å²) in [5, 5.41) is 20.7. The van der Waals surface area contributed by atoms with Crippen molar-refractivity contribution < 1.29 is 15.0 Å². The van der Waals surface area contributed by atoms with Gasteiger partial charge in [0.2, 0.25) is 0 Å². The number of phenolic OH excluding ortho intramolecular Hbond substituents is 2. The summed E-state index contributed by atoms with van der Waals surface area (Å²) in [5.41, 5.74) is 4.33. The van der Waals surface area contributed by atoms with Crippen molar-refractivity contribution in [2.45, 2.75) is 39.7 Å². The molecule has 0 unspecified atom stereocenters. The Kier molecular flexibility index (Phi) is 4.59. The number of thiazole rings is 1. The predicted molar refractivity (Wildman–Crippen MR) is 111 cm³/mol. The number of benzene rings is 2. The van der Waals surface area contributed by atoms with Gasteiger partial charge in [-0.1, -0.05) is 6.07 Å². The van der Waals surface area contributed by atoms with Crippen LogP contribution >= 0.6 is 11.3 Å². The SMILES string of the molecule is Cc1nc(C)c(-c2ccc3c(c2)CC[C@H](C)N3C(=O)c2ccc(O)cc2O)s1. The van der Waals surface area contributed by atoms with Crippen molar-refractivity contribution >= 4 is 22.9 Å². The van der Waals surface area contributed by atoms with Gasteiger partial charge in [-0.3, -0.25) is 4.79 Å². The van der Waals surface area contributed by atoms with E-state index in [9.17, 15) is 15.0 Å². The Morgan fingerprint density at radius 2 is 1.96 bits per heavy atom.